The van der Waals surface area contributed by atoms with E-state index < -0.39 is 0 Å². The molecule has 1 rings (SSSR count). The second kappa shape index (κ2) is 7.03. The highest BCUT2D eigenvalue weighted by molar-refractivity contribution is 6.31. The Kier molecular flexibility index (Phi) is 6.01. The molecule has 1 aromatic rings. The molecular weight excluding hydrogens is 230 g/mol. The van der Waals surface area contributed by atoms with Gasteiger partial charge in [0.1, 0.15) is 0 Å². The van der Waals surface area contributed by atoms with E-state index in [-0.39, 0.29) is 6.04 Å². The Labute approximate surface area is 110 Å². The van der Waals surface area contributed by atoms with E-state index in [0.717, 1.165) is 17.0 Å². The molecule has 0 bridgehead atoms. The van der Waals surface area contributed by atoms with Crippen LogP contribution in [0.5, 0.6) is 0 Å². The Balaban J connectivity index is 2.78. The van der Waals surface area contributed by atoms with Crippen molar-refractivity contribution < 1.29 is 0 Å². The summed E-state index contributed by atoms with van der Waals surface area (Å²) < 4.78 is 0. The van der Waals surface area contributed by atoms with E-state index in [1.807, 2.05) is 13.0 Å². The highest BCUT2D eigenvalue weighted by atomic mass is 35.5. The van der Waals surface area contributed by atoms with Gasteiger partial charge in [-0.2, -0.15) is 0 Å². The Morgan fingerprint density at radius 3 is 2.53 bits per heavy atom. The van der Waals surface area contributed by atoms with Crippen LogP contribution in [0.25, 0.3) is 0 Å². The van der Waals surface area contributed by atoms with Crippen molar-refractivity contribution in [1.82, 2.24) is 0 Å². The molecule has 0 saturated heterocycles. The summed E-state index contributed by atoms with van der Waals surface area (Å²) >= 11 is 6.15. The van der Waals surface area contributed by atoms with Crippen molar-refractivity contribution in [1.29, 1.82) is 0 Å². The molecule has 2 unspecified atom stereocenters. The van der Waals surface area contributed by atoms with E-state index in [4.69, 9.17) is 17.3 Å². The van der Waals surface area contributed by atoms with Gasteiger partial charge < -0.3 is 5.73 Å². The van der Waals surface area contributed by atoms with Crippen molar-refractivity contribution >= 4 is 11.6 Å². The first-order chi connectivity index (χ1) is 8.10. The Morgan fingerprint density at radius 2 is 2.00 bits per heavy atom. The van der Waals surface area contributed by atoms with Crippen molar-refractivity contribution in [2.75, 3.05) is 0 Å². The fourth-order valence-electron chi connectivity index (χ4n) is 2.19. The molecule has 17 heavy (non-hydrogen) atoms. The van der Waals surface area contributed by atoms with Gasteiger partial charge in [-0.05, 0) is 36.5 Å². The maximum atomic E-state index is 6.35. The monoisotopic (exact) mass is 253 g/mol. The van der Waals surface area contributed by atoms with Crippen molar-refractivity contribution in [3.05, 3.63) is 34.3 Å². The smallest absolute Gasteiger partial charge is 0.0438 e. The van der Waals surface area contributed by atoms with E-state index in [1.54, 1.807) is 0 Å². The second-order valence-electron chi connectivity index (χ2n) is 4.84. The van der Waals surface area contributed by atoms with Crippen molar-refractivity contribution in [2.45, 2.75) is 52.5 Å². The van der Waals surface area contributed by atoms with E-state index in [9.17, 15) is 0 Å². The van der Waals surface area contributed by atoms with Crippen LogP contribution in [0.1, 0.15) is 56.7 Å². The molecule has 0 aliphatic carbocycles. The van der Waals surface area contributed by atoms with Crippen LogP contribution in [-0.2, 0) is 0 Å². The van der Waals surface area contributed by atoms with Gasteiger partial charge >= 0.3 is 0 Å². The molecule has 96 valence electrons. The predicted octanol–water partition coefficient (Wildman–Crippen LogP) is 4.86. The van der Waals surface area contributed by atoms with Crippen LogP contribution in [0.2, 0.25) is 5.02 Å². The molecule has 1 aromatic carbocycles. The average Bonchev–Trinajstić information content (AvgIpc) is 2.33. The molecule has 2 heteroatoms. The first-order valence-electron chi connectivity index (χ1n) is 6.61. The molecule has 0 aromatic heterocycles. The number of hydrogen-bond donors (Lipinski definition) is 1. The molecule has 2 N–H and O–H groups in total. The van der Waals surface area contributed by atoms with Crippen molar-refractivity contribution in [3.63, 3.8) is 0 Å². The van der Waals surface area contributed by atoms with Gasteiger partial charge in [0.2, 0.25) is 0 Å². The van der Waals surface area contributed by atoms with Gasteiger partial charge in [0.25, 0.3) is 0 Å². The van der Waals surface area contributed by atoms with Crippen LogP contribution in [0.4, 0.5) is 0 Å². The van der Waals surface area contributed by atoms with Gasteiger partial charge in [-0.25, -0.2) is 0 Å². The highest BCUT2D eigenvalue weighted by Crippen LogP contribution is 2.29. The standard InChI is InChI=1S/C15H24ClN/c1-4-6-7-12(5-2)15(17)13-9-8-11(3)14(16)10-13/h8-10,12,15H,4-7,17H2,1-3H3. The third-order valence-corrected chi connectivity index (χ3v) is 3.95. The van der Waals surface area contributed by atoms with Crippen LogP contribution in [0.3, 0.4) is 0 Å². The predicted molar refractivity (Wildman–Crippen MR) is 76.4 cm³/mol. The van der Waals surface area contributed by atoms with Crippen molar-refractivity contribution in [2.24, 2.45) is 11.7 Å². The Bertz CT molecular complexity index is 349. The SMILES string of the molecule is CCCCC(CC)C(N)c1ccc(C)c(Cl)c1. The summed E-state index contributed by atoms with van der Waals surface area (Å²) in [6.45, 7) is 6.46. The summed E-state index contributed by atoms with van der Waals surface area (Å²) in [6.07, 6.45) is 4.83. The lowest BCUT2D eigenvalue weighted by Gasteiger charge is -2.23. The largest absolute Gasteiger partial charge is 0.324 e. The fraction of sp³-hybridized carbons (Fsp3) is 0.600. The third kappa shape index (κ3) is 4.01. The fourth-order valence-corrected chi connectivity index (χ4v) is 2.38. The molecule has 1 nitrogen and oxygen atoms in total. The quantitative estimate of drug-likeness (QED) is 0.770. The summed E-state index contributed by atoms with van der Waals surface area (Å²) in [5.41, 5.74) is 8.64. The van der Waals surface area contributed by atoms with Gasteiger partial charge in [0, 0.05) is 11.1 Å². The maximum Gasteiger partial charge on any atom is 0.0438 e. The first-order valence-corrected chi connectivity index (χ1v) is 6.99. The molecule has 0 amide bonds. The number of aryl methyl sites for hydroxylation is 1. The van der Waals surface area contributed by atoms with Crippen LogP contribution in [0, 0.1) is 12.8 Å². The third-order valence-electron chi connectivity index (χ3n) is 3.54. The van der Waals surface area contributed by atoms with Gasteiger partial charge in [-0.1, -0.05) is 56.8 Å². The molecule has 0 aliphatic heterocycles. The van der Waals surface area contributed by atoms with Gasteiger partial charge in [-0.15, -0.1) is 0 Å². The maximum absolute atomic E-state index is 6.35. The number of benzene rings is 1. The minimum Gasteiger partial charge on any atom is -0.324 e. The number of rotatable bonds is 6. The summed E-state index contributed by atoms with van der Waals surface area (Å²) in [5, 5.41) is 0.822. The molecule has 0 heterocycles. The summed E-state index contributed by atoms with van der Waals surface area (Å²) in [4.78, 5) is 0. The van der Waals surface area contributed by atoms with E-state index in [0.29, 0.717) is 5.92 Å². The number of halogens is 1. The lowest BCUT2D eigenvalue weighted by Crippen LogP contribution is -2.21. The zero-order valence-corrected chi connectivity index (χ0v) is 11.9. The lowest BCUT2D eigenvalue weighted by atomic mass is 9.87. The molecular formula is C15H24ClN. The highest BCUT2D eigenvalue weighted by Gasteiger charge is 2.17. The Hall–Kier alpha value is -0.530. The zero-order chi connectivity index (χ0) is 12.8. The van der Waals surface area contributed by atoms with E-state index in [2.05, 4.69) is 26.0 Å². The molecule has 0 radical (unpaired) electrons. The molecule has 0 aliphatic rings. The molecule has 0 fully saturated rings. The lowest BCUT2D eigenvalue weighted by molar-refractivity contribution is 0.378. The van der Waals surface area contributed by atoms with Crippen LogP contribution < -0.4 is 5.73 Å². The van der Waals surface area contributed by atoms with E-state index in [1.165, 1.54) is 24.8 Å². The van der Waals surface area contributed by atoms with Gasteiger partial charge in [-0.3, -0.25) is 0 Å². The second-order valence-corrected chi connectivity index (χ2v) is 5.25. The molecule has 0 spiro atoms. The summed E-state index contributed by atoms with van der Waals surface area (Å²) in [5.74, 6) is 0.564. The average molecular weight is 254 g/mol. The normalized spacial score (nSPS) is 14.6. The number of hydrogen-bond acceptors (Lipinski definition) is 1. The Morgan fingerprint density at radius 1 is 1.29 bits per heavy atom. The summed E-state index contributed by atoms with van der Waals surface area (Å²) in [6, 6.07) is 6.31. The number of unbranched alkanes of at least 4 members (excludes halogenated alkanes) is 1. The van der Waals surface area contributed by atoms with Gasteiger partial charge in [0.05, 0.1) is 0 Å². The van der Waals surface area contributed by atoms with E-state index >= 15 is 0 Å². The molecule has 0 saturated carbocycles. The summed E-state index contributed by atoms with van der Waals surface area (Å²) in [7, 11) is 0. The first kappa shape index (κ1) is 14.5. The van der Waals surface area contributed by atoms with Crippen molar-refractivity contribution in [3.8, 4) is 0 Å². The topological polar surface area (TPSA) is 26.0 Å². The van der Waals surface area contributed by atoms with Crippen LogP contribution in [-0.4, -0.2) is 0 Å². The molecule has 2 atom stereocenters. The van der Waals surface area contributed by atoms with Crippen LogP contribution in [0.15, 0.2) is 18.2 Å². The van der Waals surface area contributed by atoms with Gasteiger partial charge in [0.15, 0.2) is 0 Å². The van der Waals surface area contributed by atoms with Crippen LogP contribution >= 0.6 is 11.6 Å². The minimum absolute atomic E-state index is 0.115. The minimum atomic E-state index is 0.115. The number of nitrogens with two attached hydrogens (primary N) is 1. The zero-order valence-electron chi connectivity index (χ0n) is 11.2.